The molecule has 0 atom stereocenters. The largest absolute Gasteiger partial charge is 0.352 e. The van der Waals surface area contributed by atoms with Crippen LogP contribution < -0.4 is 16.4 Å². The van der Waals surface area contributed by atoms with Crippen molar-refractivity contribution in [3.63, 3.8) is 0 Å². The molecule has 1 aliphatic carbocycles. The topological polar surface area (TPSA) is 84.2 Å². The molecule has 5 nitrogen and oxygen atoms in total. The summed E-state index contributed by atoms with van der Waals surface area (Å²) in [6.07, 6.45) is 4.41. The van der Waals surface area contributed by atoms with Gasteiger partial charge in [0.1, 0.15) is 0 Å². The molecule has 0 aliphatic heterocycles. The number of hydrogen-bond acceptors (Lipinski definition) is 3. The van der Waals surface area contributed by atoms with E-state index in [4.69, 9.17) is 5.73 Å². The molecule has 0 unspecified atom stereocenters. The van der Waals surface area contributed by atoms with Crippen LogP contribution in [0.4, 0.5) is 0 Å². The summed E-state index contributed by atoms with van der Waals surface area (Å²) in [5.41, 5.74) is 5.11. The van der Waals surface area contributed by atoms with Gasteiger partial charge in [-0.2, -0.15) is 0 Å². The Hall–Kier alpha value is -0.810. The van der Waals surface area contributed by atoms with Crippen LogP contribution in [0.3, 0.4) is 0 Å². The number of hydrogen-bond donors (Lipinski definition) is 3. The maximum Gasteiger partial charge on any atom is 0.239 e. The number of halogens is 1. The molecule has 6 heteroatoms. The van der Waals surface area contributed by atoms with Crippen LogP contribution in [0.2, 0.25) is 0 Å². The smallest absolute Gasteiger partial charge is 0.239 e. The van der Waals surface area contributed by atoms with Gasteiger partial charge < -0.3 is 16.4 Å². The highest BCUT2D eigenvalue weighted by molar-refractivity contribution is 5.85. The molecule has 0 saturated heterocycles. The predicted octanol–water partition coefficient (Wildman–Crippen LogP) is 0.178. The van der Waals surface area contributed by atoms with Crippen molar-refractivity contribution in [2.45, 2.75) is 38.6 Å². The molecule has 0 spiro atoms. The molecule has 1 rings (SSSR count). The summed E-state index contributed by atoms with van der Waals surface area (Å²) in [5, 5.41) is 5.38. The predicted molar refractivity (Wildman–Crippen MR) is 68.9 cm³/mol. The first-order valence-corrected chi connectivity index (χ1v) is 5.88. The summed E-state index contributed by atoms with van der Waals surface area (Å²) >= 11 is 0. The van der Waals surface area contributed by atoms with Gasteiger partial charge in [0.05, 0.1) is 13.1 Å². The highest BCUT2D eigenvalue weighted by Gasteiger charge is 2.19. The van der Waals surface area contributed by atoms with Crippen molar-refractivity contribution < 1.29 is 9.59 Å². The second-order valence-corrected chi connectivity index (χ2v) is 4.51. The Morgan fingerprint density at radius 2 is 1.76 bits per heavy atom. The van der Waals surface area contributed by atoms with E-state index >= 15 is 0 Å². The van der Waals surface area contributed by atoms with Crippen LogP contribution in [-0.2, 0) is 9.59 Å². The van der Waals surface area contributed by atoms with Crippen LogP contribution >= 0.6 is 12.4 Å². The van der Waals surface area contributed by atoms with E-state index in [0.29, 0.717) is 0 Å². The number of nitrogens with two attached hydrogens (primary N) is 1. The molecule has 2 amide bonds. The average molecular weight is 264 g/mol. The summed E-state index contributed by atoms with van der Waals surface area (Å²) in [6, 6.07) is 0.276. The Balaban J connectivity index is 0.00000256. The van der Waals surface area contributed by atoms with Crippen LogP contribution in [0.5, 0.6) is 0 Å². The van der Waals surface area contributed by atoms with Crippen LogP contribution in [0.15, 0.2) is 0 Å². The molecule has 0 bridgehead atoms. The lowest BCUT2D eigenvalue weighted by atomic mass is 9.87. The maximum absolute atomic E-state index is 11.4. The summed E-state index contributed by atoms with van der Waals surface area (Å²) in [6.45, 7) is 2.19. The summed E-state index contributed by atoms with van der Waals surface area (Å²) in [5.74, 6) is 0.346. The molecule has 1 aliphatic rings. The molecular weight excluding hydrogens is 242 g/mol. The number of carbonyl (C=O) groups is 2. The molecule has 0 aromatic heterocycles. The van der Waals surface area contributed by atoms with E-state index in [9.17, 15) is 9.59 Å². The quantitative estimate of drug-likeness (QED) is 0.676. The molecule has 17 heavy (non-hydrogen) atoms. The Kier molecular flexibility index (Phi) is 7.91. The van der Waals surface area contributed by atoms with E-state index in [-0.39, 0.29) is 43.4 Å². The first-order chi connectivity index (χ1) is 7.61. The van der Waals surface area contributed by atoms with Gasteiger partial charge in [0.2, 0.25) is 11.8 Å². The van der Waals surface area contributed by atoms with Crippen molar-refractivity contribution in [2.24, 2.45) is 11.7 Å². The minimum Gasteiger partial charge on any atom is -0.352 e. The second-order valence-electron chi connectivity index (χ2n) is 4.51. The number of carbonyl (C=O) groups excluding carboxylic acids is 2. The van der Waals surface area contributed by atoms with Crippen LogP contribution in [0, 0.1) is 5.92 Å². The SMILES string of the molecule is CC1CCC(NC(=O)CNC(=O)CN)CC1.Cl. The van der Waals surface area contributed by atoms with Crippen LogP contribution in [0.1, 0.15) is 32.6 Å². The fourth-order valence-electron chi connectivity index (χ4n) is 1.93. The minimum absolute atomic E-state index is 0. The second kappa shape index (κ2) is 8.31. The summed E-state index contributed by atoms with van der Waals surface area (Å²) in [4.78, 5) is 22.3. The van der Waals surface area contributed by atoms with Crippen LogP contribution in [-0.4, -0.2) is 30.9 Å². The lowest BCUT2D eigenvalue weighted by molar-refractivity contribution is -0.125. The third-order valence-corrected chi connectivity index (χ3v) is 3.01. The standard InChI is InChI=1S/C11H21N3O2.ClH/c1-8-2-4-9(5-3-8)14-11(16)7-13-10(15)6-12;/h8-9H,2-7,12H2,1H3,(H,13,15)(H,14,16);1H. The molecule has 1 fully saturated rings. The normalized spacial score (nSPS) is 23.4. The number of amides is 2. The van der Waals surface area contributed by atoms with Gasteiger partial charge in [-0.05, 0) is 31.6 Å². The van der Waals surface area contributed by atoms with E-state index in [0.717, 1.165) is 18.8 Å². The molecule has 0 aromatic carbocycles. The van der Waals surface area contributed by atoms with Gasteiger partial charge in [-0.1, -0.05) is 6.92 Å². The zero-order valence-electron chi connectivity index (χ0n) is 10.2. The van der Waals surface area contributed by atoms with E-state index in [1.807, 2.05) is 0 Å². The van der Waals surface area contributed by atoms with Gasteiger partial charge in [-0.15, -0.1) is 12.4 Å². The Morgan fingerprint density at radius 3 is 2.29 bits per heavy atom. The molecular formula is C11H22ClN3O2. The van der Waals surface area contributed by atoms with Crippen LogP contribution in [0.25, 0.3) is 0 Å². The van der Waals surface area contributed by atoms with E-state index < -0.39 is 0 Å². The Labute approximate surface area is 108 Å². The third-order valence-electron chi connectivity index (χ3n) is 3.01. The first kappa shape index (κ1) is 16.2. The van der Waals surface area contributed by atoms with E-state index in [2.05, 4.69) is 17.6 Å². The van der Waals surface area contributed by atoms with Crippen molar-refractivity contribution in [2.75, 3.05) is 13.1 Å². The highest BCUT2D eigenvalue weighted by Crippen LogP contribution is 2.23. The van der Waals surface area contributed by atoms with Gasteiger partial charge in [0.25, 0.3) is 0 Å². The van der Waals surface area contributed by atoms with Crippen molar-refractivity contribution >= 4 is 24.2 Å². The fraction of sp³-hybridized carbons (Fsp3) is 0.818. The maximum atomic E-state index is 11.4. The molecule has 4 N–H and O–H groups in total. The minimum atomic E-state index is -0.299. The van der Waals surface area contributed by atoms with Gasteiger partial charge in [0, 0.05) is 6.04 Å². The van der Waals surface area contributed by atoms with Crippen molar-refractivity contribution in [1.82, 2.24) is 10.6 Å². The average Bonchev–Trinajstić information content (AvgIpc) is 2.29. The summed E-state index contributed by atoms with van der Waals surface area (Å²) < 4.78 is 0. The molecule has 1 saturated carbocycles. The number of nitrogens with one attached hydrogen (secondary N) is 2. The van der Waals surface area contributed by atoms with Gasteiger partial charge >= 0.3 is 0 Å². The summed E-state index contributed by atoms with van der Waals surface area (Å²) in [7, 11) is 0. The van der Waals surface area contributed by atoms with E-state index in [1.165, 1.54) is 12.8 Å². The highest BCUT2D eigenvalue weighted by atomic mass is 35.5. The third kappa shape index (κ3) is 6.48. The molecule has 100 valence electrons. The van der Waals surface area contributed by atoms with Crippen molar-refractivity contribution in [1.29, 1.82) is 0 Å². The Morgan fingerprint density at radius 1 is 1.18 bits per heavy atom. The lowest BCUT2D eigenvalue weighted by Gasteiger charge is -2.26. The van der Waals surface area contributed by atoms with Gasteiger partial charge in [0.15, 0.2) is 0 Å². The Bertz CT molecular complexity index is 253. The molecule has 0 aromatic rings. The molecule has 0 heterocycles. The van der Waals surface area contributed by atoms with Crippen molar-refractivity contribution in [3.8, 4) is 0 Å². The zero-order chi connectivity index (χ0) is 12.0. The van der Waals surface area contributed by atoms with E-state index in [1.54, 1.807) is 0 Å². The zero-order valence-corrected chi connectivity index (χ0v) is 11.0. The number of rotatable bonds is 4. The van der Waals surface area contributed by atoms with Gasteiger partial charge in [-0.25, -0.2) is 0 Å². The monoisotopic (exact) mass is 263 g/mol. The lowest BCUT2D eigenvalue weighted by Crippen LogP contribution is -2.44. The van der Waals surface area contributed by atoms with Crippen molar-refractivity contribution in [3.05, 3.63) is 0 Å². The first-order valence-electron chi connectivity index (χ1n) is 5.88. The molecule has 0 radical (unpaired) electrons. The van der Waals surface area contributed by atoms with Gasteiger partial charge in [-0.3, -0.25) is 9.59 Å². The fourth-order valence-corrected chi connectivity index (χ4v) is 1.93.